The van der Waals surface area contributed by atoms with Gasteiger partial charge in [0.2, 0.25) is 17.7 Å². The molecule has 0 fully saturated rings. The first-order valence-electron chi connectivity index (χ1n) is 10.0. The highest BCUT2D eigenvalue weighted by Gasteiger charge is 2.11. The van der Waals surface area contributed by atoms with Crippen LogP contribution < -0.4 is 10.2 Å². The van der Waals surface area contributed by atoms with E-state index in [1.165, 1.54) is 16.8 Å². The van der Waals surface area contributed by atoms with E-state index in [4.69, 9.17) is 4.42 Å². The molecule has 3 rings (SSSR count). The van der Waals surface area contributed by atoms with Gasteiger partial charge in [-0.15, -0.1) is 10.2 Å². The third-order valence-electron chi connectivity index (χ3n) is 4.78. The summed E-state index contributed by atoms with van der Waals surface area (Å²) in [6.45, 7) is 8.49. The molecule has 1 N–H and O–H groups in total. The Morgan fingerprint density at radius 2 is 1.86 bits per heavy atom. The van der Waals surface area contributed by atoms with Crippen molar-refractivity contribution < 1.29 is 9.21 Å². The van der Waals surface area contributed by atoms with Crippen LogP contribution in [0.5, 0.6) is 0 Å². The Morgan fingerprint density at radius 1 is 1.07 bits per heavy atom. The van der Waals surface area contributed by atoms with Gasteiger partial charge in [-0.1, -0.05) is 29.8 Å². The first-order valence-corrected chi connectivity index (χ1v) is 10.0. The highest BCUT2D eigenvalue weighted by atomic mass is 16.4. The Labute approximate surface area is 172 Å². The second-order valence-electron chi connectivity index (χ2n) is 7.14. The summed E-state index contributed by atoms with van der Waals surface area (Å²) in [4.78, 5) is 14.4. The zero-order valence-corrected chi connectivity index (χ0v) is 17.3. The molecule has 0 saturated carbocycles. The van der Waals surface area contributed by atoms with Gasteiger partial charge in [-0.2, -0.15) is 0 Å². The van der Waals surface area contributed by atoms with Crippen LogP contribution >= 0.6 is 0 Å². The lowest BCUT2D eigenvalue weighted by atomic mass is 10.1. The lowest BCUT2D eigenvalue weighted by Crippen LogP contribution is -2.35. The fraction of sp³-hybridized carbons (Fsp3) is 0.348. The quantitative estimate of drug-likeness (QED) is 0.597. The maximum atomic E-state index is 12.2. The predicted molar refractivity (Wildman–Crippen MR) is 115 cm³/mol. The smallest absolute Gasteiger partial charge is 0.247 e. The maximum absolute atomic E-state index is 12.2. The number of carbonyl (C=O) groups excluding carboxylic acids is 1. The third-order valence-corrected chi connectivity index (χ3v) is 4.78. The van der Waals surface area contributed by atoms with E-state index in [1.54, 1.807) is 0 Å². The number of aromatic nitrogens is 2. The summed E-state index contributed by atoms with van der Waals surface area (Å²) in [5, 5.41) is 11.1. The average Bonchev–Trinajstić information content (AvgIpc) is 3.19. The van der Waals surface area contributed by atoms with Gasteiger partial charge in [0.25, 0.3) is 0 Å². The second-order valence-corrected chi connectivity index (χ2v) is 7.14. The molecular formula is C23H28N4O2. The summed E-state index contributed by atoms with van der Waals surface area (Å²) in [6, 6.07) is 16.3. The maximum Gasteiger partial charge on any atom is 0.247 e. The van der Waals surface area contributed by atoms with Crippen molar-refractivity contribution >= 4 is 11.6 Å². The highest BCUT2D eigenvalue weighted by Crippen LogP contribution is 2.19. The summed E-state index contributed by atoms with van der Waals surface area (Å²) in [7, 11) is 0. The lowest BCUT2D eigenvalue weighted by molar-refractivity contribution is -0.121. The third kappa shape index (κ3) is 5.91. The number of amides is 1. The van der Waals surface area contributed by atoms with Crippen LogP contribution in [0, 0.1) is 13.8 Å². The molecule has 0 saturated heterocycles. The predicted octanol–water partition coefficient (Wildman–Crippen LogP) is 3.93. The minimum absolute atomic E-state index is 0.0135. The molecular weight excluding hydrogens is 364 g/mol. The molecule has 1 aromatic heterocycles. The van der Waals surface area contributed by atoms with Crippen molar-refractivity contribution in [2.45, 2.75) is 33.6 Å². The molecule has 1 heterocycles. The molecule has 0 atom stereocenters. The second kappa shape index (κ2) is 9.87. The molecule has 6 nitrogen and oxygen atoms in total. The molecule has 0 unspecified atom stereocenters. The molecule has 0 spiro atoms. The van der Waals surface area contributed by atoms with Gasteiger partial charge in [0, 0.05) is 43.7 Å². The number of nitrogens with zero attached hydrogens (tertiary/aromatic N) is 3. The average molecular weight is 393 g/mol. The van der Waals surface area contributed by atoms with Crippen LogP contribution in [0.3, 0.4) is 0 Å². The summed E-state index contributed by atoms with van der Waals surface area (Å²) in [6.07, 6.45) is 0.756. The Hall–Kier alpha value is -3.15. The molecule has 0 aliphatic carbocycles. The van der Waals surface area contributed by atoms with Crippen molar-refractivity contribution in [2.24, 2.45) is 0 Å². The molecule has 152 valence electrons. The van der Waals surface area contributed by atoms with E-state index in [0.29, 0.717) is 31.2 Å². The largest absolute Gasteiger partial charge is 0.421 e. The summed E-state index contributed by atoms with van der Waals surface area (Å²) in [5.41, 5.74) is 4.47. The summed E-state index contributed by atoms with van der Waals surface area (Å²) >= 11 is 0. The zero-order chi connectivity index (χ0) is 20.6. The summed E-state index contributed by atoms with van der Waals surface area (Å²) < 4.78 is 5.68. The topological polar surface area (TPSA) is 71.3 Å². The molecule has 0 bridgehead atoms. The van der Waals surface area contributed by atoms with Crippen molar-refractivity contribution in [1.29, 1.82) is 0 Å². The Morgan fingerprint density at radius 3 is 2.59 bits per heavy atom. The molecule has 3 aromatic rings. The molecule has 0 aliphatic rings. The van der Waals surface area contributed by atoms with Crippen LogP contribution in [0.4, 0.5) is 5.69 Å². The van der Waals surface area contributed by atoms with E-state index in [1.807, 2.05) is 31.2 Å². The minimum atomic E-state index is -0.0135. The van der Waals surface area contributed by atoms with Gasteiger partial charge in [-0.3, -0.25) is 4.79 Å². The normalized spacial score (nSPS) is 10.7. The number of aryl methyl sites for hydroxylation is 3. The number of benzene rings is 2. The standard InChI is InChI=1S/C23H28N4O2/c1-4-27(20-7-5-6-18(3)16-20)15-14-24-21(28)12-13-22-25-26-23(29-22)19-10-8-17(2)9-11-19/h5-11,16H,4,12-15H2,1-3H3,(H,24,28). The fourth-order valence-corrected chi connectivity index (χ4v) is 3.10. The van der Waals surface area contributed by atoms with E-state index >= 15 is 0 Å². The Balaban J connectivity index is 1.43. The van der Waals surface area contributed by atoms with E-state index in [0.717, 1.165) is 18.7 Å². The Kier molecular flexibility index (Phi) is 7.00. The molecule has 0 radical (unpaired) electrons. The zero-order valence-electron chi connectivity index (χ0n) is 17.3. The minimum Gasteiger partial charge on any atom is -0.421 e. The van der Waals surface area contributed by atoms with Crippen molar-refractivity contribution in [1.82, 2.24) is 15.5 Å². The highest BCUT2D eigenvalue weighted by molar-refractivity contribution is 5.76. The first kappa shape index (κ1) is 20.6. The van der Waals surface area contributed by atoms with Crippen molar-refractivity contribution in [3.05, 3.63) is 65.5 Å². The van der Waals surface area contributed by atoms with E-state index < -0.39 is 0 Å². The molecule has 1 amide bonds. The van der Waals surface area contributed by atoms with E-state index in [-0.39, 0.29) is 5.91 Å². The van der Waals surface area contributed by atoms with Crippen molar-refractivity contribution in [3.63, 3.8) is 0 Å². The molecule has 0 aliphatic heterocycles. The fourth-order valence-electron chi connectivity index (χ4n) is 3.10. The van der Waals surface area contributed by atoms with Gasteiger partial charge in [-0.25, -0.2) is 0 Å². The Bertz CT molecular complexity index is 934. The number of hydrogen-bond acceptors (Lipinski definition) is 5. The van der Waals surface area contributed by atoms with Gasteiger partial charge in [-0.05, 0) is 50.6 Å². The van der Waals surface area contributed by atoms with Crippen LogP contribution in [0.2, 0.25) is 0 Å². The number of rotatable bonds is 9. The van der Waals surface area contributed by atoms with Crippen molar-refractivity contribution in [2.75, 3.05) is 24.5 Å². The van der Waals surface area contributed by atoms with Crippen LogP contribution in [0.15, 0.2) is 52.9 Å². The number of likely N-dealkylation sites (N-methyl/N-ethyl adjacent to an activating group) is 1. The van der Waals surface area contributed by atoms with Gasteiger partial charge in [0.1, 0.15) is 0 Å². The number of nitrogens with one attached hydrogen (secondary N) is 1. The number of carbonyl (C=O) groups is 1. The monoisotopic (exact) mass is 392 g/mol. The van der Waals surface area contributed by atoms with Crippen LogP contribution in [-0.2, 0) is 11.2 Å². The van der Waals surface area contributed by atoms with Crippen molar-refractivity contribution in [3.8, 4) is 11.5 Å². The van der Waals surface area contributed by atoms with Gasteiger partial charge in [0.05, 0.1) is 0 Å². The van der Waals surface area contributed by atoms with Gasteiger partial charge in [0.15, 0.2) is 0 Å². The lowest BCUT2D eigenvalue weighted by Gasteiger charge is -2.23. The van der Waals surface area contributed by atoms with Crippen LogP contribution in [0.25, 0.3) is 11.5 Å². The molecule has 29 heavy (non-hydrogen) atoms. The van der Waals surface area contributed by atoms with E-state index in [2.05, 4.69) is 58.5 Å². The van der Waals surface area contributed by atoms with Crippen LogP contribution in [-0.4, -0.2) is 35.7 Å². The molecule has 6 heteroatoms. The molecule has 2 aromatic carbocycles. The number of hydrogen-bond donors (Lipinski definition) is 1. The summed E-state index contributed by atoms with van der Waals surface area (Å²) in [5.74, 6) is 0.947. The van der Waals surface area contributed by atoms with Crippen LogP contribution in [0.1, 0.15) is 30.4 Å². The number of anilines is 1. The van der Waals surface area contributed by atoms with Gasteiger partial charge < -0.3 is 14.6 Å². The van der Waals surface area contributed by atoms with E-state index in [9.17, 15) is 4.79 Å². The first-order chi connectivity index (χ1) is 14.0. The van der Waals surface area contributed by atoms with Gasteiger partial charge >= 0.3 is 0 Å². The SMILES string of the molecule is CCN(CCNC(=O)CCc1nnc(-c2ccc(C)cc2)o1)c1cccc(C)c1.